The fourth-order valence-electron chi connectivity index (χ4n) is 3.00. The molecule has 0 unspecified atom stereocenters. The van der Waals surface area contributed by atoms with E-state index in [9.17, 15) is 9.18 Å². The van der Waals surface area contributed by atoms with Gasteiger partial charge in [0.2, 0.25) is 0 Å². The number of halogens is 1. The van der Waals surface area contributed by atoms with Gasteiger partial charge in [0.15, 0.2) is 0 Å². The zero-order valence-electron chi connectivity index (χ0n) is 13.2. The van der Waals surface area contributed by atoms with Crippen molar-refractivity contribution in [2.24, 2.45) is 0 Å². The minimum atomic E-state index is -0.323. The molecule has 3 nitrogen and oxygen atoms in total. The number of anilines is 1. The van der Waals surface area contributed by atoms with Crippen molar-refractivity contribution in [2.75, 3.05) is 18.1 Å². The summed E-state index contributed by atoms with van der Waals surface area (Å²) in [5.74, 6) is -0.513. The van der Waals surface area contributed by atoms with E-state index in [2.05, 4.69) is 0 Å². The van der Waals surface area contributed by atoms with E-state index in [1.807, 2.05) is 43.3 Å². The van der Waals surface area contributed by atoms with Gasteiger partial charge in [0.1, 0.15) is 12.4 Å². The topological polar surface area (TPSA) is 29.5 Å². The first-order valence-electron chi connectivity index (χ1n) is 7.86. The normalized spacial score (nSPS) is 13.7. The van der Waals surface area contributed by atoms with E-state index in [4.69, 9.17) is 4.74 Å². The van der Waals surface area contributed by atoms with Crippen LogP contribution in [-0.4, -0.2) is 19.1 Å². The van der Waals surface area contributed by atoms with Gasteiger partial charge in [-0.3, -0.25) is 4.79 Å². The van der Waals surface area contributed by atoms with Crippen LogP contribution >= 0.6 is 0 Å². The summed E-state index contributed by atoms with van der Waals surface area (Å²) in [6.07, 6.45) is 1.66. The molecule has 1 amide bonds. The van der Waals surface area contributed by atoms with Gasteiger partial charge in [0, 0.05) is 6.54 Å². The predicted molar refractivity (Wildman–Crippen MR) is 87.9 cm³/mol. The summed E-state index contributed by atoms with van der Waals surface area (Å²) in [5.41, 5.74) is 3.23. The second kappa shape index (κ2) is 6.92. The molecule has 0 N–H and O–H groups in total. The Kier molecular flexibility index (Phi) is 4.72. The summed E-state index contributed by atoms with van der Waals surface area (Å²) in [4.78, 5) is 13.9. The highest BCUT2D eigenvalue weighted by Crippen LogP contribution is 2.31. The first-order chi connectivity index (χ1) is 11.1. The molecule has 2 aromatic rings. The number of ether oxygens (including phenoxy) is 1. The van der Waals surface area contributed by atoms with Crippen molar-refractivity contribution in [3.05, 3.63) is 65.0 Å². The number of fused-ring (bicyclic) bond motifs is 1. The first kappa shape index (κ1) is 15.7. The number of amides is 1. The van der Waals surface area contributed by atoms with Crippen LogP contribution in [0.4, 0.5) is 10.1 Å². The number of carbonyl (C=O) groups is 1. The fourth-order valence-corrected chi connectivity index (χ4v) is 3.00. The Morgan fingerprint density at radius 1 is 1.26 bits per heavy atom. The van der Waals surface area contributed by atoms with Crippen LogP contribution in [0.5, 0.6) is 0 Å². The molecule has 3 rings (SSSR count). The Bertz CT molecular complexity index is 700. The second-order valence-electron chi connectivity index (χ2n) is 5.88. The van der Waals surface area contributed by atoms with Crippen LogP contribution in [0.15, 0.2) is 42.5 Å². The summed E-state index contributed by atoms with van der Waals surface area (Å²) >= 11 is 0. The number of rotatable bonds is 4. The van der Waals surface area contributed by atoms with Crippen molar-refractivity contribution in [1.82, 2.24) is 0 Å². The molecule has 1 heterocycles. The SMILES string of the molecule is Cc1cc(F)c2c(c1)CCCN2C(=O)COCc1ccccc1. The van der Waals surface area contributed by atoms with Crippen molar-refractivity contribution in [1.29, 1.82) is 0 Å². The quantitative estimate of drug-likeness (QED) is 0.862. The van der Waals surface area contributed by atoms with Gasteiger partial charge in [-0.1, -0.05) is 36.4 Å². The van der Waals surface area contributed by atoms with Crippen molar-refractivity contribution >= 4 is 11.6 Å². The molecular weight excluding hydrogens is 293 g/mol. The zero-order chi connectivity index (χ0) is 16.2. The average Bonchev–Trinajstić information content (AvgIpc) is 2.55. The number of aryl methyl sites for hydroxylation is 2. The number of hydrogen-bond donors (Lipinski definition) is 0. The minimum Gasteiger partial charge on any atom is -0.367 e. The van der Waals surface area contributed by atoms with Gasteiger partial charge >= 0.3 is 0 Å². The van der Waals surface area contributed by atoms with Crippen LogP contribution in [0.2, 0.25) is 0 Å². The lowest BCUT2D eigenvalue weighted by molar-refractivity contribution is -0.123. The molecule has 23 heavy (non-hydrogen) atoms. The van der Waals surface area contributed by atoms with Crippen molar-refractivity contribution in [3.63, 3.8) is 0 Å². The first-order valence-corrected chi connectivity index (χ1v) is 7.86. The van der Waals surface area contributed by atoms with Crippen LogP contribution < -0.4 is 4.90 Å². The summed E-state index contributed by atoms with van der Waals surface area (Å²) in [6.45, 7) is 2.75. The Labute approximate surface area is 135 Å². The number of benzene rings is 2. The average molecular weight is 313 g/mol. The molecule has 0 saturated carbocycles. The number of carbonyl (C=O) groups excluding carboxylic acids is 1. The fraction of sp³-hybridized carbons (Fsp3) is 0.316. The lowest BCUT2D eigenvalue weighted by Gasteiger charge is -2.30. The Hall–Kier alpha value is -2.20. The molecule has 0 fully saturated rings. The standard InChI is InChI=1S/C19H20FNO2/c1-14-10-16-8-5-9-21(19(16)17(20)11-14)18(22)13-23-12-15-6-3-2-4-7-15/h2-4,6-7,10-11H,5,8-9,12-13H2,1H3. The number of hydrogen-bond acceptors (Lipinski definition) is 2. The maximum atomic E-state index is 14.3. The monoisotopic (exact) mass is 313 g/mol. The molecule has 0 bridgehead atoms. The Balaban J connectivity index is 1.67. The molecule has 1 aliphatic heterocycles. The molecule has 0 aliphatic carbocycles. The largest absolute Gasteiger partial charge is 0.367 e. The van der Waals surface area contributed by atoms with Crippen LogP contribution in [-0.2, 0) is 22.6 Å². The molecule has 1 aliphatic rings. The van der Waals surface area contributed by atoms with E-state index in [-0.39, 0.29) is 18.3 Å². The van der Waals surface area contributed by atoms with E-state index < -0.39 is 0 Å². The van der Waals surface area contributed by atoms with Crippen LogP contribution in [0.3, 0.4) is 0 Å². The molecule has 120 valence electrons. The highest BCUT2D eigenvalue weighted by Gasteiger charge is 2.26. The maximum absolute atomic E-state index is 14.3. The van der Waals surface area contributed by atoms with E-state index in [0.717, 1.165) is 29.5 Å². The molecule has 4 heteroatoms. The van der Waals surface area contributed by atoms with E-state index >= 15 is 0 Å². The van der Waals surface area contributed by atoms with E-state index in [1.54, 1.807) is 0 Å². The molecule has 0 aromatic heterocycles. The van der Waals surface area contributed by atoms with Gasteiger partial charge in [-0.2, -0.15) is 0 Å². The summed E-state index contributed by atoms with van der Waals surface area (Å²) < 4.78 is 19.8. The van der Waals surface area contributed by atoms with Crippen molar-refractivity contribution in [2.45, 2.75) is 26.4 Å². The molecule has 0 spiro atoms. The smallest absolute Gasteiger partial charge is 0.253 e. The van der Waals surface area contributed by atoms with Gasteiger partial charge in [-0.05, 0) is 42.5 Å². The van der Waals surface area contributed by atoms with Gasteiger partial charge < -0.3 is 9.64 Å². The molecule has 0 saturated heterocycles. The summed E-state index contributed by atoms with van der Waals surface area (Å²) in [6, 6.07) is 13.1. The molecule has 0 radical (unpaired) electrons. The van der Waals surface area contributed by atoms with Crippen LogP contribution in [0.25, 0.3) is 0 Å². The van der Waals surface area contributed by atoms with Gasteiger partial charge in [-0.15, -0.1) is 0 Å². The highest BCUT2D eigenvalue weighted by molar-refractivity contribution is 5.95. The lowest BCUT2D eigenvalue weighted by atomic mass is 9.99. The molecule has 0 atom stereocenters. The third-order valence-corrected chi connectivity index (χ3v) is 4.02. The van der Waals surface area contributed by atoms with E-state index in [1.165, 1.54) is 11.0 Å². The maximum Gasteiger partial charge on any atom is 0.253 e. The van der Waals surface area contributed by atoms with Gasteiger partial charge in [0.05, 0.1) is 12.3 Å². The third-order valence-electron chi connectivity index (χ3n) is 4.02. The van der Waals surface area contributed by atoms with Crippen LogP contribution in [0.1, 0.15) is 23.1 Å². The second-order valence-corrected chi connectivity index (χ2v) is 5.88. The number of nitrogens with zero attached hydrogens (tertiary/aromatic N) is 1. The van der Waals surface area contributed by atoms with Crippen molar-refractivity contribution in [3.8, 4) is 0 Å². The van der Waals surface area contributed by atoms with Crippen LogP contribution in [0, 0.1) is 12.7 Å². The zero-order valence-corrected chi connectivity index (χ0v) is 13.2. The highest BCUT2D eigenvalue weighted by atomic mass is 19.1. The van der Waals surface area contributed by atoms with Crippen molar-refractivity contribution < 1.29 is 13.9 Å². The predicted octanol–water partition coefficient (Wildman–Crippen LogP) is 3.63. The lowest BCUT2D eigenvalue weighted by Crippen LogP contribution is -2.38. The van der Waals surface area contributed by atoms with Gasteiger partial charge in [0.25, 0.3) is 5.91 Å². The third kappa shape index (κ3) is 3.59. The van der Waals surface area contributed by atoms with Gasteiger partial charge in [-0.25, -0.2) is 4.39 Å². The minimum absolute atomic E-state index is 0.0400. The molecular formula is C19H20FNO2. The molecule has 2 aromatic carbocycles. The van der Waals surface area contributed by atoms with E-state index in [0.29, 0.717) is 18.8 Å². The Morgan fingerprint density at radius 3 is 2.83 bits per heavy atom. The Morgan fingerprint density at radius 2 is 2.04 bits per heavy atom. The summed E-state index contributed by atoms with van der Waals surface area (Å²) in [7, 11) is 0. The summed E-state index contributed by atoms with van der Waals surface area (Å²) in [5, 5.41) is 0.